The molecule has 40 heavy (non-hydrogen) atoms. The molecular weight excluding hydrogens is 576 g/mol. The van der Waals surface area contributed by atoms with Crippen LogP contribution >= 0.6 is 11.6 Å². The van der Waals surface area contributed by atoms with Crippen molar-refractivity contribution in [1.29, 1.82) is 0 Å². The molecule has 0 bridgehead atoms. The molecule has 10 nitrogen and oxygen atoms in total. The maximum Gasteiger partial charge on any atom is 0.294 e. The van der Waals surface area contributed by atoms with Crippen LogP contribution in [0.5, 0.6) is 0 Å². The van der Waals surface area contributed by atoms with Crippen LogP contribution in [0.25, 0.3) is 0 Å². The van der Waals surface area contributed by atoms with Crippen LogP contribution in [0.2, 0.25) is 5.02 Å². The molecule has 0 spiro atoms. The average molecular weight is 601 g/mol. The van der Waals surface area contributed by atoms with E-state index in [0.29, 0.717) is 10.6 Å². The first-order valence-corrected chi connectivity index (χ1v) is 15.2. The minimum atomic E-state index is -4.24. The van der Waals surface area contributed by atoms with Crippen molar-refractivity contribution >= 4 is 54.4 Å². The molecule has 13 heteroatoms. The minimum absolute atomic E-state index is 0.0511. The number of hydrogen-bond acceptors (Lipinski definition) is 7. The number of nitro groups is 1. The molecule has 0 unspecified atom stereocenters. The zero-order valence-electron chi connectivity index (χ0n) is 21.4. The van der Waals surface area contributed by atoms with Gasteiger partial charge in [-0.15, -0.1) is 0 Å². The molecule has 0 heterocycles. The number of sulfonamides is 2. The van der Waals surface area contributed by atoms with E-state index in [4.69, 9.17) is 11.6 Å². The van der Waals surface area contributed by atoms with Crippen LogP contribution in [0, 0.1) is 24.0 Å². The average Bonchev–Trinajstić information content (AvgIpc) is 2.89. The Kier molecular flexibility index (Phi) is 8.33. The summed E-state index contributed by atoms with van der Waals surface area (Å²) in [5.74, 6) is 0. The van der Waals surface area contributed by atoms with Crippen molar-refractivity contribution in [1.82, 2.24) is 0 Å². The van der Waals surface area contributed by atoms with Crippen LogP contribution in [-0.4, -0.2) is 21.8 Å². The first kappa shape index (κ1) is 28.9. The molecule has 0 saturated heterocycles. The van der Waals surface area contributed by atoms with Crippen molar-refractivity contribution in [3.8, 4) is 0 Å². The lowest BCUT2D eigenvalue weighted by molar-refractivity contribution is -0.383. The van der Waals surface area contributed by atoms with Gasteiger partial charge in [0, 0.05) is 17.6 Å². The van der Waals surface area contributed by atoms with Crippen LogP contribution in [0.15, 0.2) is 94.7 Å². The molecule has 4 aromatic rings. The fourth-order valence-electron chi connectivity index (χ4n) is 3.72. The topological polar surface area (TPSA) is 148 Å². The minimum Gasteiger partial charge on any atom is -0.375 e. The summed E-state index contributed by atoms with van der Waals surface area (Å²) in [6.45, 7) is 3.67. The third-order valence-corrected chi connectivity index (χ3v) is 9.04. The van der Waals surface area contributed by atoms with Crippen LogP contribution in [0.4, 0.5) is 22.7 Å². The Balaban J connectivity index is 1.80. The fraction of sp³-hybridized carbons (Fsp3) is 0.111. The summed E-state index contributed by atoms with van der Waals surface area (Å²) in [7, 11) is -8.45. The quantitative estimate of drug-likeness (QED) is 0.148. The van der Waals surface area contributed by atoms with E-state index in [0.717, 1.165) is 17.2 Å². The van der Waals surface area contributed by atoms with Crippen molar-refractivity contribution in [3.05, 3.63) is 117 Å². The van der Waals surface area contributed by atoms with Crippen LogP contribution in [0.3, 0.4) is 0 Å². The van der Waals surface area contributed by atoms with Crippen LogP contribution in [0.1, 0.15) is 16.7 Å². The zero-order valence-corrected chi connectivity index (χ0v) is 23.8. The highest BCUT2D eigenvalue weighted by atomic mass is 35.5. The number of nitrogens with zero attached hydrogens (tertiary/aromatic N) is 1. The molecule has 0 atom stereocenters. The fourth-order valence-corrected chi connectivity index (χ4v) is 6.07. The maximum absolute atomic E-state index is 13.2. The Morgan fingerprint density at radius 1 is 0.725 bits per heavy atom. The molecule has 0 amide bonds. The summed E-state index contributed by atoms with van der Waals surface area (Å²) in [6.07, 6.45) is 0. The smallest absolute Gasteiger partial charge is 0.294 e. The number of aryl methyl sites for hydroxylation is 2. The highest BCUT2D eigenvalue weighted by molar-refractivity contribution is 7.93. The second kappa shape index (κ2) is 11.5. The number of benzene rings is 4. The monoisotopic (exact) mass is 600 g/mol. The normalized spacial score (nSPS) is 11.6. The van der Waals surface area contributed by atoms with E-state index in [-0.39, 0.29) is 33.4 Å². The van der Waals surface area contributed by atoms with E-state index in [2.05, 4.69) is 14.8 Å². The van der Waals surface area contributed by atoms with Crippen molar-refractivity contribution < 1.29 is 21.8 Å². The Morgan fingerprint density at radius 2 is 1.20 bits per heavy atom. The van der Waals surface area contributed by atoms with Gasteiger partial charge in [-0.2, -0.15) is 0 Å². The standard InChI is InChI=1S/C27H25ClN4O6S2/c1-18-7-11-21(12-8-18)39(35,36)30-24-15-26(29-17-20-5-3-4-6-23(20)28)27(32(33)34)16-25(24)31-40(37,38)22-13-9-19(2)10-14-22/h3-16,29-31H,17H2,1-2H3. The van der Waals surface area contributed by atoms with Gasteiger partial charge in [-0.25, -0.2) is 16.8 Å². The molecule has 0 aliphatic rings. The van der Waals surface area contributed by atoms with Crippen molar-refractivity contribution in [2.75, 3.05) is 14.8 Å². The summed E-state index contributed by atoms with van der Waals surface area (Å²) in [4.78, 5) is 11.1. The van der Waals surface area contributed by atoms with E-state index >= 15 is 0 Å². The molecule has 4 rings (SSSR count). The maximum atomic E-state index is 13.2. The molecule has 208 valence electrons. The van der Waals surface area contributed by atoms with Gasteiger partial charge in [0.05, 0.1) is 26.1 Å². The number of hydrogen-bond donors (Lipinski definition) is 3. The van der Waals surface area contributed by atoms with E-state index in [9.17, 15) is 26.9 Å². The van der Waals surface area contributed by atoms with E-state index < -0.39 is 30.7 Å². The third kappa shape index (κ3) is 6.71. The number of rotatable bonds is 10. The molecule has 4 aromatic carbocycles. The molecule has 0 radical (unpaired) electrons. The molecule has 0 aliphatic carbocycles. The van der Waals surface area contributed by atoms with Gasteiger partial charge in [-0.05, 0) is 55.8 Å². The predicted molar refractivity (Wildman–Crippen MR) is 156 cm³/mol. The Labute approximate surface area is 237 Å². The molecule has 0 aromatic heterocycles. The predicted octanol–water partition coefficient (Wildman–Crippen LogP) is 6.08. The van der Waals surface area contributed by atoms with E-state index in [1.165, 1.54) is 30.3 Å². The molecule has 0 fully saturated rings. The van der Waals surface area contributed by atoms with Gasteiger partial charge < -0.3 is 5.32 Å². The van der Waals surface area contributed by atoms with Gasteiger partial charge in [0.25, 0.3) is 25.7 Å². The van der Waals surface area contributed by atoms with E-state index in [1.54, 1.807) is 62.4 Å². The summed E-state index contributed by atoms with van der Waals surface area (Å²) >= 11 is 6.21. The van der Waals surface area contributed by atoms with Crippen molar-refractivity contribution in [2.24, 2.45) is 0 Å². The second-order valence-corrected chi connectivity index (χ2v) is 12.7. The first-order chi connectivity index (χ1) is 18.9. The van der Waals surface area contributed by atoms with E-state index in [1.807, 2.05) is 0 Å². The molecular formula is C27H25ClN4O6S2. The van der Waals surface area contributed by atoms with Gasteiger partial charge in [-0.1, -0.05) is 65.2 Å². The number of anilines is 3. The highest BCUT2D eigenvalue weighted by Gasteiger charge is 2.25. The van der Waals surface area contributed by atoms with Crippen molar-refractivity contribution in [3.63, 3.8) is 0 Å². The Morgan fingerprint density at radius 3 is 1.68 bits per heavy atom. The summed E-state index contributed by atoms with van der Waals surface area (Å²) in [5.41, 5.74) is 1.23. The SMILES string of the molecule is Cc1ccc(S(=O)(=O)Nc2cc(NCc3ccccc3Cl)c([N+](=O)[O-])cc2NS(=O)(=O)c2ccc(C)cc2)cc1. The van der Waals surface area contributed by atoms with Gasteiger partial charge in [0.1, 0.15) is 5.69 Å². The highest BCUT2D eigenvalue weighted by Crippen LogP contribution is 2.37. The largest absolute Gasteiger partial charge is 0.375 e. The third-order valence-electron chi connectivity index (χ3n) is 5.91. The summed E-state index contributed by atoms with van der Waals surface area (Å²) in [6, 6.07) is 21.0. The van der Waals surface area contributed by atoms with Gasteiger partial charge in [-0.3, -0.25) is 19.6 Å². The Hall–Kier alpha value is -4.13. The van der Waals surface area contributed by atoms with Crippen LogP contribution in [-0.2, 0) is 26.6 Å². The summed E-state index contributed by atoms with van der Waals surface area (Å²) < 4.78 is 57.5. The zero-order chi connectivity index (χ0) is 29.1. The van der Waals surface area contributed by atoms with Crippen LogP contribution < -0.4 is 14.8 Å². The molecule has 0 aliphatic heterocycles. The Bertz CT molecular complexity index is 1780. The lowest BCUT2D eigenvalue weighted by atomic mass is 10.2. The van der Waals surface area contributed by atoms with Crippen molar-refractivity contribution in [2.45, 2.75) is 30.2 Å². The number of nitro benzene ring substituents is 1. The lowest BCUT2D eigenvalue weighted by Gasteiger charge is -2.17. The number of halogens is 1. The second-order valence-electron chi connectivity index (χ2n) is 8.95. The van der Waals surface area contributed by atoms with Gasteiger partial charge in [0.2, 0.25) is 0 Å². The first-order valence-electron chi connectivity index (χ1n) is 11.8. The molecule has 3 N–H and O–H groups in total. The summed E-state index contributed by atoms with van der Waals surface area (Å²) in [5, 5.41) is 15.3. The van der Waals surface area contributed by atoms with Gasteiger partial charge >= 0.3 is 0 Å². The lowest BCUT2D eigenvalue weighted by Crippen LogP contribution is -2.18. The number of nitrogens with one attached hydrogen (secondary N) is 3. The molecule has 0 saturated carbocycles. The van der Waals surface area contributed by atoms with Gasteiger partial charge in [0.15, 0.2) is 0 Å².